The van der Waals surface area contributed by atoms with Crippen LogP contribution in [0.2, 0.25) is 0 Å². The third kappa shape index (κ3) is 5.90. The first-order valence-electron chi connectivity index (χ1n) is 12.7. The number of carbonyl (C=O) groups excluding carboxylic acids is 1. The summed E-state index contributed by atoms with van der Waals surface area (Å²) in [6.07, 6.45) is 1.75. The third-order valence-corrected chi connectivity index (χ3v) is 8.19. The lowest BCUT2D eigenvalue weighted by molar-refractivity contribution is -0.144. The number of piperidine rings is 1. The Kier molecular flexibility index (Phi) is 7.93. The van der Waals surface area contributed by atoms with E-state index in [-0.39, 0.29) is 23.4 Å². The molecule has 0 bridgehead atoms. The van der Waals surface area contributed by atoms with E-state index < -0.39 is 5.97 Å². The molecule has 2 fully saturated rings. The fourth-order valence-corrected chi connectivity index (χ4v) is 6.16. The second-order valence-electron chi connectivity index (χ2n) is 9.57. The van der Waals surface area contributed by atoms with Crippen molar-refractivity contribution in [3.63, 3.8) is 0 Å². The van der Waals surface area contributed by atoms with Crippen molar-refractivity contribution in [2.75, 3.05) is 26.3 Å². The first kappa shape index (κ1) is 25.5. The molecule has 37 heavy (non-hydrogen) atoms. The molecule has 6 nitrogen and oxygen atoms in total. The summed E-state index contributed by atoms with van der Waals surface area (Å²) in [5, 5.41) is 11.3. The first-order chi connectivity index (χ1) is 18.0. The number of carboxylic acids is 1. The maximum absolute atomic E-state index is 13.2. The van der Waals surface area contributed by atoms with E-state index in [4.69, 9.17) is 9.47 Å². The summed E-state index contributed by atoms with van der Waals surface area (Å²) in [4.78, 5) is 27.3. The van der Waals surface area contributed by atoms with Gasteiger partial charge in [0.2, 0.25) is 0 Å². The predicted molar refractivity (Wildman–Crippen MR) is 145 cm³/mol. The van der Waals surface area contributed by atoms with Crippen LogP contribution in [0.3, 0.4) is 0 Å². The van der Waals surface area contributed by atoms with E-state index in [0.717, 1.165) is 27.7 Å². The number of carboxylic acid groups (broad SMARTS) is 1. The van der Waals surface area contributed by atoms with Gasteiger partial charge in [-0.25, -0.2) is 0 Å². The molecule has 5 rings (SSSR count). The maximum atomic E-state index is 13.2. The standard InChI is InChI=1S/C30H31NO5S/c1-20(29(32)31-15-13-22(14-16-31)30(33)34)24-11-12-27(26-10-6-5-9-25(24)26)37-28-19-35-18-23(36-28)17-21-7-3-2-4-8-21/h2-12,22-23,28H,1,13-19H2,(H,33,34). The number of thioether (sulfide) groups is 1. The van der Waals surface area contributed by atoms with Gasteiger partial charge in [0.1, 0.15) is 5.44 Å². The van der Waals surface area contributed by atoms with E-state index in [1.807, 2.05) is 48.5 Å². The highest BCUT2D eigenvalue weighted by molar-refractivity contribution is 8.00. The number of carbonyl (C=O) groups is 2. The zero-order valence-electron chi connectivity index (χ0n) is 20.7. The molecule has 2 aliphatic rings. The highest BCUT2D eigenvalue weighted by atomic mass is 32.2. The Bertz CT molecular complexity index is 1290. The van der Waals surface area contributed by atoms with E-state index in [9.17, 15) is 14.7 Å². The Hall–Kier alpha value is -3.13. The van der Waals surface area contributed by atoms with Gasteiger partial charge in [-0.2, -0.15) is 0 Å². The number of likely N-dealkylation sites (tertiary alicyclic amines) is 1. The van der Waals surface area contributed by atoms with Gasteiger partial charge in [-0.3, -0.25) is 9.59 Å². The van der Waals surface area contributed by atoms with Crippen molar-refractivity contribution in [1.29, 1.82) is 0 Å². The van der Waals surface area contributed by atoms with Gasteiger partial charge in [0.25, 0.3) is 5.91 Å². The Morgan fingerprint density at radius 1 is 0.946 bits per heavy atom. The lowest BCUT2D eigenvalue weighted by Gasteiger charge is -2.31. The van der Waals surface area contributed by atoms with Gasteiger partial charge in [-0.1, -0.05) is 79.0 Å². The van der Waals surface area contributed by atoms with Gasteiger partial charge in [0, 0.05) is 30.0 Å². The van der Waals surface area contributed by atoms with Crippen molar-refractivity contribution in [3.05, 3.63) is 84.4 Å². The zero-order valence-corrected chi connectivity index (χ0v) is 21.5. The van der Waals surface area contributed by atoms with Crippen LogP contribution in [0.1, 0.15) is 24.0 Å². The molecule has 3 aromatic rings. The van der Waals surface area contributed by atoms with Crippen molar-refractivity contribution >= 4 is 40.0 Å². The van der Waals surface area contributed by atoms with Gasteiger partial charge >= 0.3 is 5.97 Å². The molecule has 2 atom stereocenters. The Balaban J connectivity index is 1.30. The van der Waals surface area contributed by atoms with Gasteiger partial charge in [0.05, 0.1) is 25.2 Å². The fraction of sp³-hybridized carbons (Fsp3) is 0.333. The molecule has 1 amide bonds. The van der Waals surface area contributed by atoms with Crippen LogP contribution < -0.4 is 0 Å². The van der Waals surface area contributed by atoms with Crippen LogP contribution in [-0.2, 0) is 25.5 Å². The Labute approximate surface area is 221 Å². The van der Waals surface area contributed by atoms with Gasteiger partial charge < -0.3 is 19.5 Å². The number of amides is 1. The average molecular weight is 518 g/mol. The number of hydrogen-bond acceptors (Lipinski definition) is 5. The van der Waals surface area contributed by atoms with Crippen LogP contribution in [0, 0.1) is 5.92 Å². The molecule has 2 saturated heterocycles. The third-order valence-electron chi connectivity index (χ3n) is 7.07. The van der Waals surface area contributed by atoms with Crippen LogP contribution in [0.4, 0.5) is 0 Å². The van der Waals surface area contributed by atoms with Gasteiger partial charge in [-0.05, 0) is 40.8 Å². The number of rotatable bonds is 7. The number of benzene rings is 3. The number of nitrogens with zero attached hydrogens (tertiary/aromatic N) is 1. The lowest BCUT2D eigenvalue weighted by Crippen LogP contribution is -2.40. The molecule has 0 aliphatic carbocycles. The van der Waals surface area contributed by atoms with Crippen molar-refractivity contribution < 1.29 is 24.2 Å². The van der Waals surface area contributed by atoms with Crippen molar-refractivity contribution in [1.82, 2.24) is 4.90 Å². The Morgan fingerprint density at radius 3 is 2.38 bits per heavy atom. The zero-order chi connectivity index (χ0) is 25.8. The summed E-state index contributed by atoms with van der Waals surface area (Å²) in [7, 11) is 0. The molecule has 2 unspecified atom stereocenters. The quantitative estimate of drug-likeness (QED) is 0.432. The largest absolute Gasteiger partial charge is 0.481 e. The molecule has 0 spiro atoms. The molecule has 2 aliphatic heterocycles. The minimum absolute atomic E-state index is 0.00172. The van der Waals surface area contributed by atoms with Crippen LogP contribution in [0.25, 0.3) is 16.3 Å². The van der Waals surface area contributed by atoms with Crippen LogP contribution >= 0.6 is 11.8 Å². The normalized spacial score (nSPS) is 20.6. The molecule has 7 heteroatoms. The molecule has 0 radical (unpaired) electrons. The molecule has 1 N–H and O–H groups in total. The second kappa shape index (κ2) is 11.5. The monoisotopic (exact) mass is 517 g/mol. The average Bonchev–Trinajstić information content (AvgIpc) is 2.93. The second-order valence-corrected chi connectivity index (χ2v) is 10.8. The number of aliphatic carboxylic acids is 1. The summed E-state index contributed by atoms with van der Waals surface area (Å²) in [6.45, 7) is 6.11. The molecule has 0 aromatic heterocycles. The van der Waals surface area contributed by atoms with Crippen molar-refractivity contribution in [3.8, 4) is 0 Å². The number of fused-ring (bicyclic) bond motifs is 1. The summed E-state index contributed by atoms with van der Waals surface area (Å²) in [5.41, 5.74) is 2.33. The number of ether oxygens (including phenoxy) is 2. The van der Waals surface area contributed by atoms with E-state index >= 15 is 0 Å². The highest BCUT2D eigenvalue weighted by Crippen LogP contribution is 2.37. The van der Waals surface area contributed by atoms with E-state index in [1.165, 1.54) is 5.56 Å². The van der Waals surface area contributed by atoms with Crippen LogP contribution in [-0.4, -0.2) is 59.7 Å². The summed E-state index contributed by atoms with van der Waals surface area (Å²) >= 11 is 1.64. The highest BCUT2D eigenvalue weighted by Gasteiger charge is 2.29. The smallest absolute Gasteiger partial charge is 0.306 e. The predicted octanol–water partition coefficient (Wildman–Crippen LogP) is 5.25. The topological polar surface area (TPSA) is 76.1 Å². The fourth-order valence-electron chi connectivity index (χ4n) is 5.05. The summed E-state index contributed by atoms with van der Waals surface area (Å²) in [5.74, 6) is -1.31. The van der Waals surface area contributed by atoms with Gasteiger partial charge in [0.15, 0.2) is 0 Å². The molecule has 192 valence electrons. The first-order valence-corrected chi connectivity index (χ1v) is 13.5. The van der Waals surface area contributed by atoms with Gasteiger partial charge in [-0.15, -0.1) is 0 Å². The minimum Gasteiger partial charge on any atom is -0.481 e. The maximum Gasteiger partial charge on any atom is 0.306 e. The van der Waals surface area contributed by atoms with Crippen LogP contribution in [0.5, 0.6) is 0 Å². The van der Waals surface area contributed by atoms with E-state index in [0.29, 0.717) is 44.7 Å². The van der Waals surface area contributed by atoms with Crippen molar-refractivity contribution in [2.24, 2.45) is 5.92 Å². The Morgan fingerprint density at radius 2 is 1.65 bits per heavy atom. The molecule has 0 saturated carbocycles. The molecular formula is C30H31NO5S. The molecule has 3 aromatic carbocycles. The molecule has 2 heterocycles. The van der Waals surface area contributed by atoms with Crippen LogP contribution in [0.15, 0.2) is 78.2 Å². The summed E-state index contributed by atoms with van der Waals surface area (Å²) < 4.78 is 12.3. The SMILES string of the molecule is C=C(C(=O)N1CCC(C(=O)O)CC1)c1ccc(SC2COCC(Cc3ccccc3)O2)c2ccccc12. The minimum atomic E-state index is -0.788. The lowest BCUT2D eigenvalue weighted by atomic mass is 9.94. The van der Waals surface area contributed by atoms with E-state index in [1.54, 1.807) is 16.7 Å². The number of hydrogen-bond donors (Lipinski definition) is 1. The van der Waals surface area contributed by atoms with E-state index in [2.05, 4.69) is 24.8 Å². The molecular weight excluding hydrogens is 486 g/mol. The summed E-state index contributed by atoms with van der Waals surface area (Å²) in [6, 6.07) is 22.3. The van der Waals surface area contributed by atoms with Crippen molar-refractivity contribution in [2.45, 2.75) is 35.7 Å².